The van der Waals surface area contributed by atoms with Crippen molar-refractivity contribution in [3.8, 4) is 0 Å². The van der Waals surface area contributed by atoms with E-state index in [4.69, 9.17) is 0 Å². The lowest BCUT2D eigenvalue weighted by Crippen LogP contribution is -2.31. The van der Waals surface area contributed by atoms with Crippen LogP contribution in [0.2, 0.25) is 0 Å². The summed E-state index contributed by atoms with van der Waals surface area (Å²) in [4.78, 5) is 13.6. The van der Waals surface area contributed by atoms with E-state index in [1.54, 1.807) is 11.8 Å². The number of rotatable bonds is 7. The molecule has 0 saturated carbocycles. The first-order chi connectivity index (χ1) is 12.7. The van der Waals surface area contributed by atoms with Crippen molar-refractivity contribution in [1.29, 1.82) is 0 Å². The zero-order valence-electron chi connectivity index (χ0n) is 14.6. The molecule has 26 heavy (non-hydrogen) atoms. The second-order valence-corrected chi connectivity index (χ2v) is 7.38. The Balaban J connectivity index is 1.82. The van der Waals surface area contributed by atoms with Gasteiger partial charge in [0.25, 0.3) is 5.70 Å². The summed E-state index contributed by atoms with van der Waals surface area (Å²) in [6.45, 7) is 2.46. The number of thioether (sulfide) groups is 1. The minimum Gasteiger partial charge on any atom is -0.374 e. The van der Waals surface area contributed by atoms with Crippen LogP contribution in [0.15, 0.2) is 71.4 Å². The van der Waals surface area contributed by atoms with Crippen molar-refractivity contribution in [2.75, 3.05) is 18.8 Å². The molecule has 0 atom stereocenters. The van der Waals surface area contributed by atoms with Crippen LogP contribution in [0.3, 0.4) is 0 Å². The Morgan fingerprint density at radius 2 is 1.62 bits per heavy atom. The highest BCUT2D eigenvalue weighted by Gasteiger charge is 2.24. The van der Waals surface area contributed by atoms with Gasteiger partial charge in [0.05, 0.1) is 11.5 Å². The highest BCUT2D eigenvalue weighted by molar-refractivity contribution is 8.03. The quantitative estimate of drug-likeness (QED) is 0.593. The van der Waals surface area contributed by atoms with Gasteiger partial charge in [-0.25, -0.2) is 0 Å². The fraction of sp³-hybridized carbons (Fsp3) is 0.300. The van der Waals surface area contributed by atoms with Crippen molar-refractivity contribution < 1.29 is 4.92 Å². The number of nitro groups is 1. The number of nitrogens with one attached hydrogen (secondary N) is 1. The highest BCUT2D eigenvalue weighted by atomic mass is 32.2. The van der Waals surface area contributed by atoms with E-state index in [0.717, 1.165) is 29.8 Å². The number of hydrogen-bond acceptors (Lipinski definition) is 5. The van der Waals surface area contributed by atoms with E-state index in [1.807, 2.05) is 36.4 Å². The van der Waals surface area contributed by atoms with Crippen molar-refractivity contribution in [3.05, 3.63) is 92.6 Å². The van der Waals surface area contributed by atoms with E-state index in [-0.39, 0.29) is 10.6 Å². The largest absolute Gasteiger partial charge is 0.374 e. The predicted molar refractivity (Wildman–Crippen MR) is 106 cm³/mol. The highest BCUT2D eigenvalue weighted by Crippen LogP contribution is 2.24. The molecule has 0 amide bonds. The summed E-state index contributed by atoms with van der Waals surface area (Å²) in [5.74, 6) is 0.928. The van der Waals surface area contributed by atoms with E-state index in [9.17, 15) is 10.1 Å². The lowest BCUT2D eigenvalue weighted by atomic mass is 10.1. The Morgan fingerprint density at radius 1 is 1.04 bits per heavy atom. The van der Waals surface area contributed by atoms with E-state index >= 15 is 0 Å². The molecule has 136 valence electrons. The van der Waals surface area contributed by atoms with Crippen LogP contribution in [0.25, 0.3) is 0 Å². The molecule has 0 bridgehead atoms. The van der Waals surface area contributed by atoms with Crippen LogP contribution in [-0.4, -0.2) is 28.7 Å². The Hall–Kier alpha value is -2.31. The normalized spacial score (nSPS) is 16.2. The molecule has 6 heteroatoms. The molecule has 1 aliphatic rings. The van der Waals surface area contributed by atoms with Gasteiger partial charge in [0.1, 0.15) is 5.03 Å². The molecule has 1 aliphatic heterocycles. The second-order valence-electron chi connectivity index (χ2n) is 6.28. The molecule has 0 radical (unpaired) electrons. The molecule has 1 fully saturated rings. The SMILES string of the molecule is O=[N+]([O-])C(CN(Cc1ccccc1)Cc1ccccc1)=C1NCCCS1. The van der Waals surface area contributed by atoms with Gasteiger partial charge in [0.15, 0.2) is 0 Å². The van der Waals surface area contributed by atoms with Crippen LogP contribution in [0.5, 0.6) is 0 Å². The fourth-order valence-corrected chi connectivity index (χ4v) is 3.96. The molecule has 2 aromatic carbocycles. The lowest BCUT2D eigenvalue weighted by molar-refractivity contribution is -0.429. The molecule has 0 aromatic heterocycles. The molecule has 1 N–H and O–H groups in total. The molecule has 0 unspecified atom stereocenters. The molecule has 5 nitrogen and oxygen atoms in total. The summed E-state index contributed by atoms with van der Waals surface area (Å²) in [5.41, 5.74) is 2.57. The van der Waals surface area contributed by atoms with E-state index < -0.39 is 0 Å². The minimum atomic E-state index is -0.233. The Kier molecular flexibility index (Phi) is 6.68. The first-order valence-corrected chi connectivity index (χ1v) is 9.75. The third kappa shape index (κ3) is 5.34. The van der Waals surface area contributed by atoms with Crippen molar-refractivity contribution in [1.82, 2.24) is 10.2 Å². The summed E-state index contributed by atoms with van der Waals surface area (Å²) in [6.07, 6.45) is 1.04. The zero-order valence-corrected chi connectivity index (χ0v) is 15.5. The molecular weight excluding hydrogens is 346 g/mol. The third-order valence-corrected chi connectivity index (χ3v) is 5.37. The molecule has 0 aliphatic carbocycles. The van der Waals surface area contributed by atoms with Crippen molar-refractivity contribution in [3.63, 3.8) is 0 Å². The molecule has 1 heterocycles. The second kappa shape index (κ2) is 9.40. The van der Waals surface area contributed by atoms with Gasteiger partial charge in [-0.3, -0.25) is 15.0 Å². The standard InChI is InChI=1S/C20H23N3O2S/c24-23(25)19(20-21-12-7-13-26-20)16-22(14-17-8-3-1-4-9-17)15-18-10-5-2-6-11-18/h1-6,8-11,21H,7,12-16H2. The summed E-state index contributed by atoms with van der Waals surface area (Å²) in [7, 11) is 0. The van der Waals surface area contributed by atoms with Crippen LogP contribution in [-0.2, 0) is 13.1 Å². The van der Waals surface area contributed by atoms with E-state index in [2.05, 4.69) is 34.5 Å². The maximum atomic E-state index is 11.7. The van der Waals surface area contributed by atoms with E-state index in [0.29, 0.717) is 24.7 Å². The van der Waals surface area contributed by atoms with E-state index in [1.165, 1.54) is 0 Å². The number of nitrogens with zero attached hydrogens (tertiary/aromatic N) is 2. The molecular formula is C20H23N3O2S. The minimum absolute atomic E-state index is 0.233. The Bertz CT molecular complexity index is 701. The Labute approximate surface area is 158 Å². The number of hydrogen-bond donors (Lipinski definition) is 1. The van der Waals surface area contributed by atoms with Gasteiger partial charge >= 0.3 is 0 Å². The summed E-state index contributed by atoms with van der Waals surface area (Å²) < 4.78 is 0. The van der Waals surface area contributed by atoms with Gasteiger partial charge in [0, 0.05) is 25.4 Å². The van der Waals surface area contributed by atoms with Gasteiger partial charge in [-0.1, -0.05) is 60.7 Å². The first-order valence-electron chi connectivity index (χ1n) is 8.77. The maximum absolute atomic E-state index is 11.7. The molecule has 3 rings (SSSR count). The molecule has 0 spiro atoms. The average molecular weight is 369 g/mol. The summed E-state index contributed by atoms with van der Waals surface area (Å²) in [6, 6.07) is 20.2. The first kappa shape index (κ1) is 18.5. The topological polar surface area (TPSA) is 58.4 Å². The van der Waals surface area contributed by atoms with Crippen molar-refractivity contribution in [2.45, 2.75) is 19.5 Å². The zero-order chi connectivity index (χ0) is 18.2. The van der Waals surface area contributed by atoms with Crippen LogP contribution in [0.1, 0.15) is 17.5 Å². The van der Waals surface area contributed by atoms with Gasteiger partial charge in [-0.2, -0.15) is 0 Å². The smallest absolute Gasteiger partial charge is 0.289 e. The average Bonchev–Trinajstić information content (AvgIpc) is 2.68. The maximum Gasteiger partial charge on any atom is 0.289 e. The monoisotopic (exact) mass is 369 g/mol. The van der Waals surface area contributed by atoms with Crippen LogP contribution < -0.4 is 5.32 Å². The van der Waals surface area contributed by atoms with Gasteiger partial charge in [0.2, 0.25) is 0 Å². The Morgan fingerprint density at radius 3 is 2.08 bits per heavy atom. The lowest BCUT2D eigenvalue weighted by Gasteiger charge is -2.23. The summed E-state index contributed by atoms with van der Waals surface area (Å²) in [5, 5.41) is 15.6. The summed E-state index contributed by atoms with van der Waals surface area (Å²) >= 11 is 1.55. The van der Waals surface area contributed by atoms with Gasteiger partial charge in [-0.15, -0.1) is 11.8 Å². The van der Waals surface area contributed by atoms with Crippen molar-refractivity contribution in [2.24, 2.45) is 0 Å². The number of benzene rings is 2. The predicted octanol–water partition coefficient (Wildman–Crippen LogP) is 3.86. The molecule has 2 aromatic rings. The van der Waals surface area contributed by atoms with Crippen LogP contribution in [0, 0.1) is 10.1 Å². The van der Waals surface area contributed by atoms with Gasteiger partial charge in [-0.05, 0) is 17.5 Å². The molecule has 1 saturated heterocycles. The van der Waals surface area contributed by atoms with Crippen LogP contribution in [0.4, 0.5) is 0 Å². The van der Waals surface area contributed by atoms with Gasteiger partial charge < -0.3 is 5.32 Å². The van der Waals surface area contributed by atoms with Crippen LogP contribution >= 0.6 is 11.8 Å². The third-order valence-electron chi connectivity index (χ3n) is 4.21. The fourth-order valence-electron chi connectivity index (χ4n) is 2.96. The van der Waals surface area contributed by atoms with Crippen molar-refractivity contribution >= 4 is 11.8 Å².